The molecule has 184 valence electrons. The van der Waals surface area contributed by atoms with Crippen LogP contribution in [0, 0.1) is 0 Å². The lowest BCUT2D eigenvalue weighted by atomic mass is 10.1. The molecule has 8 nitrogen and oxygen atoms in total. The van der Waals surface area contributed by atoms with Gasteiger partial charge >= 0.3 is 0 Å². The number of halogens is 1. The first kappa shape index (κ1) is 24.0. The van der Waals surface area contributed by atoms with Crippen molar-refractivity contribution >= 4 is 39.3 Å². The number of hydrogen-bond acceptors (Lipinski definition) is 6. The summed E-state index contributed by atoms with van der Waals surface area (Å²) < 4.78 is 17.4. The number of rotatable bonds is 7. The van der Waals surface area contributed by atoms with Crippen LogP contribution in [0.25, 0.3) is 0 Å². The molecule has 1 fully saturated rings. The Bertz CT molecular complexity index is 1350. The number of methoxy groups -OCH3 is 1. The van der Waals surface area contributed by atoms with Gasteiger partial charge in [0.2, 0.25) is 0 Å². The minimum Gasteiger partial charge on any atom is -0.496 e. The molecule has 2 aliphatic heterocycles. The fourth-order valence-electron chi connectivity index (χ4n) is 4.28. The monoisotopic (exact) mass is 550 g/mol. The van der Waals surface area contributed by atoms with Crippen LogP contribution in [-0.4, -0.2) is 49.0 Å². The summed E-state index contributed by atoms with van der Waals surface area (Å²) in [6.07, 6.45) is 1.66. The molecule has 36 heavy (non-hydrogen) atoms. The topological polar surface area (TPSA) is 94.2 Å². The summed E-state index contributed by atoms with van der Waals surface area (Å²) in [6.45, 7) is 0.915. The van der Waals surface area contributed by atoms with Gasteiger partial charge in [0.25, 0.3) is 17.7 Å². The van der Waals surface area contributed by atoms with Crippen LogP contribution < -0.4 is 14.8 Å². The second-order valence-corrected chi connectivity index (χ2v) is 9.35. The summed E-state index contributed by atoms with van der Waals surface area (Å²) in [5.74, 6) is 0.567. The Morgan fingerprint density at radius 3 is 2.61 bits per heavy atom. The van der Waals surface area contributed by atoms with Crippen molar-refractivity contribution in [3.8, 4) is 17.2 Å². The van der Waals surface area contributed by atoms with Crippen LogP contribution in [-0.2, 0) is 4.74 Å². The summed E-state index contributed by atoms with van der Waals surface area (Å²) in [6, 6.07) is 16.8. The average molecular weight is 551 g/mol. The largest absolute Gasteiger partial charge is 0.496 e. The molecule has 2 aliphatic rings. The molecule has 0 bridgehead atoms. The van der Waals surface area contributed by atoms with E-state index < -0.39 is 0 Å². The fraction of sp³-hybridized carbons (Fsp3) is 0.222. The predicted octanol–water partition coefficient (Wildman–Crippen LogP) is 5.28. The van der Waals surface area contributed by atoms with Crippen molar-refractivity contribution in [2.45, 2.75) is 18.9 Å². The number of ether oxygens (including phenoxy) is 3. The second kappa shape index (κ2) is 10.1. The summed E-state index contributed by atoms with van der Waals surface area (Å²) in [5, 5.41) is 2.85. The molecule has 0 aromatic heterocycles. The van der Waals surface area contributed by atoms with Gasteiger partial charge in [0, 0.05) is 23.9 Å². The van der Waals surface area contributed by atoms with Crippen LogP contribution in [0.2, 0.25) is 0 Å². The van der Waals surface area contributed by atoms with Gasteiger partial charge in [-0.2, -0.15) is 0 Å². The number of nitrogens with one attached hydrogen (secondary N) is 1. The number of imide groups is 1. The van der Waals surface area contributed by atoms with Crippen molar-refractivity contribution < 1.29 is 28.6 Å². The zero-order valence-electron chi connectivity index (χ0n) is 19.5. The highest BCUT2D eigenvalue weighted by atomic mass is 79.9. The van der Waals surface area contributed by atoms with E-state index in [9.17, 15) is 14.4 Å². The molecule has 3 aromatic carbocycles. The third kappa shape index (κ3) is 4.84. The van der Waals surface area contributed by atoms with Crippen LogP contribution in [0.3, 0.4) is 0 Å². The number of carbonyl (C=O) groups excluding carboxylic acids is 3. The van der Waals surface area contributed by atoms with Gasteiger partial charge in [-0.1, -0.05) is 6.07 Å². The highest BCUT2D eigenvalue weighted by molar-refractivity contribution is 9.10. The quantitative estimate of drug-likeness (QED) is 0.402. The van der Waals surface area contributed by atoms with E-state index in [-0.39, 0.29) is 30.4 Å². The van der Waals surface area contributed by atoms with E-state index in [0.29, 0.717) is 50.7 Å². The van der Waals surface area contributed by atoms with E-state index in [1.165, 1.54) is 4.90 Å². The third-order valence-corrected chi connectivity index (χ3v) is 6.71. The number of carbonyl (C=O) groups is 3. The van der Waals surface area contributed by atoms with E-state index in [0.717, 1.165) is 12.8 Å². The first-order valence-corrected chi connectivity index (χ1v) is 12.3. The Kier molecular flexibility index (Phi) is 6.75. The average Bonchev–Trinajstić information content (AvgIpc) is 3.47. The maximum atomic E-state index is 12.9. The van der Waals surface area contributed by atoms with Gasteiger partial charge in [0.15, 0.2) is 0 Å². The van der Waals surface area contributed by atoms with Crippen LogP contribution in [0.4, 0.5) is 5.69 Å². The lowest BCUT2D eigenvalue weighted by Crippen LogP contribution is -2.36. The smallest absolute Gasteiger partial charge is 0.261 e. The molecule has 5 rings (SSSR count). The molecule has 1 atom stereocenters. The molecule has 0 aliphatic carbocycles. The van der Waals surface area contributed by atoms with Gasteiger partial charge in [-0.3, -0.25) is 19.3 Å². The molecule has 1 saturated heterocycles. The highest BCUT2D eigenvalue weighted by Crippen LogP contribution is 2.31. The highest BCUT2D eigenvalue weighted by Gasteiger charge is 2.37. The molecular weight excluding hydrogens is 528 g/mol. The zero-order chi connectivity index (χ0) is 25.2. The van der Waals surface area contributed by atoms with Gasteiger partial charge in [-0.15, -0.1) is 0 Å². The van der Waals surface area contributed by atoms with Crippen molar-refractivity contribution in [3.05, 3.63) is 81.8 Å². The van der Waals surface area contributed by atoms with Crippen molar-refractivity contribution in [1.29, 1.82) is 0 Å². The lowest BCUT2D eigenvalue weighted by molar-refractivity contribution is 0.0475. The van der Waals surface area contributed by atoms with Crippen molar-refractivity contribution in [3.63, 3.8) is 0 Å². The van der Waals surface area contributed by atoms with Crippen molar-refractivity contribution in [1.82, 2.24) is 4.90 Å². The van der Waals surface area contributed by atoms with Crippen molar-refractivity contribution in [2.75, 3.05) is 25.6 Å². The minimum absolute atomic E-state index is 0.111. The van der Waals surface area contributed by atoms with Crippen LogP contribution >= 0.6 is 15.9 Å². The molecular formula is C27H23BrN2O6. The van der Waals surface area contributed by atoms with E-state index in [4.69, 9.17) is 14.2 Å². The number of benzene rings is 3. The molecule has 0 saturated carbocycles. The van der Waals surface area contributed by atoms with E-state index in [1.54, 1.807) is 67.8 Å². The van der Waals surface area contributed by atoms with Gasteiger partial charge in [-0.05, 0) is 77.3 Å². The Morgan fingerprint density at radius 2 is 1.86 bits per heavy atom. The van der Waals surface area contributed by atoms with E-state index in [1.807, 2.05) is 0 Å². The predicted molar refractivity (Wildman–Crippen MR) is 136 cm³/mol. The molecule has 3 aromatic rings. The Labute approximate surface area is 216 Å². The normalized spacial score (nSPS) is 16.7. The Morgan fingerprint density at radius 1 is 1.06 bits per heavy atom. The van der Waals surface area contributed by atoms with Crippen molar-refractivity contribution in [2.24, 2.45) is 0 Å². The number of nitrogens with zero attached hydrogens (tertiary/aromatic N) is 1. The van der Waals surface area contributed by atoms with Gasteiger partial charge in [0.05, 0.1) is 35.4 Å². The molecule has 1 N–H and O–H groups in total. The Hall–Kier alpha value is -3.69. The maximum absolute atomic E-state index is 12.9. The standard InChI is InChI=1S/C27H23BrN2O6/c1-34-24-10-7-16(12-23(24)28)25(31)29-17-4-2-5-18(13-17)36-19-8-9-21-22(14-19)27(33)30(26(21)32)15-20-6-3-11-35-20/h2,4-5,7-10,12-14,20H,3,6,11,15H2,1H3,(H,29,31). The van der Waals surface area contributed by atoms with E-state index in [2.05, 4.69) is 21.2 Å². The molecule has 1 unspecified atom stereocenters. The van der Waals surface area contributed by atoms with Gasteiger partial charge in [-0.25, -0.2) is 0 Å². The molecule has 0 radical (unpaired) electrons. The SMILES string of the molecule is COc1ccc(C(=O)Nc2cccc(Oc3ccc4c(c3)C(=O)N(CC3CCCO3)C4=O)c2)cc1Br. The molecule has 2 heterocycles. The number of fused-ring (bicyclic) bond motifs is 1. The lowest BCUT2D eigenvalue weighted by Gasteiger charge is -2.17. The molecule has 3 amide bonds. The molecule has 9 heteroatoms. The summed E-state index contributed by atoms with van der Waals surface area (Å²) in [7, 11) is 1.56. The van der Waals surface area contributed by atoms with Gasteiger partial charge < -0.3 is 19.5 Å². The van der Waals surface area contributed by atoms with E-state index >= 15 is 0 Å². The van der Waals surface area contributed by atoms with Crippen LogP contribution in [0.1, 0.15) is 43.9 Å². The number of anilines is 1. The third-order valence-electron chi connectivity index (χ3n) is 6.09. The summed E-state index contributed by atoms with van der Waals surface area (Å²) in [4.78, 5) is 39.6. The number of amides is 3. The van der Waals surface area contributed by atoms with Crippen LogP contribution in [0.5, 0.6) is 17.2 Å². The maximum Gasteiger partial charge on any atom is 0.261 e. The minimum atomic E-state index is -0.345. The number of hydrogen-bond donors (Lipinski definition) is 1. The Balaban J connectivity index is 1.28. The fourth-order valence-corrected chi connectivity index (χ4v) is 4.82. The first-order valence-electron chi connectivity index (χ1n) is 11.5. The zero-order valence-corrected chi connectivity index (χ0v) is 21.0. The summed E-state index contributed by atoms with van der Waals surface area (Å²) >= 11 is 3.38. The second-order valence-electron chi connectivity index (χ2n) is 8.50. The molecule has 0 spiro atoms. The van der Waals surface area contributed by atoms with Crippen LogP contribution in [0.15, 0.2) is 65.1 Å². The first-order chi connectivity index (χ1) is 17.4. The summed E-state index contributed by atoms with van der Waals surface area (Å²) in [5.41, 5.74) is 1.67. The van der Waals surface area contributed by atoms with Gasteiger partial charge in [0.1, 0.15) is 17.2 Å².